The molecule has 1 aliphatic rings. The second kappa shape index (κ2) is 7.50. The molecule has 0 saturated heterocycles. The maximum Gasteiger partial charge on any atom is 0.430 e. The molecular formula is C21H17F3O4. The van der Waals surface area contributed by atoms with Gasteiger partial charge in [-0.3, -0.25) is 0 Å². The van der Waals surface area contributed by atoms with Gasteiger partial charge in [0.15, 0.2) is 0 Å². The second-order valence-electron chi connectivity index (χ2n) is 6.32. The van der Waals surface area contributed by atoms with Gasteiger partial charge in [0.05, 0.1) is 11.1 Å². The van der Waals surface area contributed by atoms with E-state index >= 15 is 0 Å². The third kappa shape index (κ3) is 3.78. The van der Waals surface area contributed by atoms with Crippen molar-refractivity contribution in [2.45, 2.75) is 32.5 Å². The fraction of sp³-hybridized carbons (Fsp3) is 0.238. The van der Waals surface area contributed by atoms with Gasteiger partial charge in [-0.25, -0.2) is 9.59 Å². The first-order valence-corrected chi connectivity index (χ1v) is 8.61. The van der Waals surface area contributed by atoms with Crippen LogP contribution in [0.1, 0.15) is 34.8 Å². The minimum atomic E-state index is -4.85. The monoisotopic (exact) mass is 390 g/mol. The van der Waals surface area contributed by atoms with Crippen molar-refractivity contribution in [2.24, 2.45) is 0 Å². The van der Waals surface area contributed by atoms with E-state index in [1.54, 1.807) is 37.3 Å². The minimum absolute atomic E-state index is 0.0306. The number of para-hydroxylation sites is 1. The van der Waals surface area contributed by atoms with Crippen LogP contribution in [0.4, 0.5) is 13.2 Å². The van der Waals surface area contributed by atoms with E-state index in [1.165, 1.54) is 18.2 Å². The number of carbonyl (C=O) groups excluding carboxylic acids is 2. The molecule has 7 heteroatoms. The molecule has 4 nitrogen and oxygen atoms in total. The Bertz CT molecular complexity index is 943. The van der Waals surface area contributed by atoms with Crippen molar-refractivity contribution < 1.29 is 32.2 Å². The van der Waals surface area contributed by atoms with Crippen LogP contribution in [0.2, 0.25) is 0 Å². The number of alkyl halides is 3. The summed E-state index contributed by atoms with van der Waals surface area (Å²) in [4.78, 5) is 24.8. The second-order valence-corrected chi connectivity index (χ2v) is 6.32. The van der Waals surface area contributed by atoms with Crippen molar-refractivity contribution in [3.8, 4) is 5.75 Å². The van der Waals surface area contributed by atoms with Gasteiger partial charge in [-0.2, -0.15) is 13.2 Å². The van der Waals surface area contributed by atoms with Gasteiger partial charge in [0.2, 0.25) is 6.10 Å². The molecule has 0 radical (unpaired) electrons. The Labute approximate surface area is 159 Å². The Morgan fingerprint density at radius 3 is 2.29 bits per heavy atom. The number of hydrogen-bond acceptors (Lipinski definition) is 4. The molecule has 0 aromatic heterocycles. The van der Waals surface area contributed by atoms with Crippen molar-refractivity contribution in [2.75, 3.05) is 0 Å². The molecule has 0 saturated carbocycles. The summed E-state index contributed by atoms with van der Waals surface area (Å²) in [6.07, 6.45) is -7.22. The number of ether oxygens (including phenoxy) is 2. The van der Waals surface area contributed by atoms with Crippen molar-refractivity contribution in [1.82, 2.24) is 0 Å². The van der Waals surface area contributed by atoms with Gasteiger partial charge in [-0.05, 0) is 37.1 Å². The molecule has 2 aromatic rings. The number of hydrogen-bond donors (Lipinski definition) is 0. The standard InChI is InChI=1S/C21H17F3O4/c1-3-14-15-6-4-5-7-16(15)27-18(21(22,23)24)17(14)20(26)28-19(25)13-10-8-12(2)9-11-13/h4-11,18H,3H2,1-2H3. The van der Waals surface area contributed by atoms with E-state index < -0.39 is 29.8 Å². The van der Waals surface area contributed by atoms with Crippen LogP contribution in [0.5, 0.6) is 5.75 Å². The summed E-state index contributed by atoms with van der Waals surface area (Å²) in [6, 6.07) is 12.3. The molecule has 2 aromatic carbocycles. The summed E-state index contributed by atoms with van der Waals surface area (Å²) in [5.41, 5.74) is 0.770. The van der Waals surface area contributed by atoms with E-state index in [1.807, 2.05) is 6.92 Å². The first-order valence-electron chi connectivity index (χ1n) is 8.61. The minimum Gasteiger partial charge on any atom is -0.475 e. The largest absolute Gasteiger partial charge is 0.475 e. The van der Waals surface area contributed by atoms with Gasteiger partial charge in [0.1, 0.15) is 5.75 Å². The smallest absolute Gasteiger partial charge is 0.430 e. The number of fused-ring (bicyclic) bond motifs is 1. The Hall–Kier alpha value is -3.09. The molecule has 0 bridgehead atoms. The first kappa shape index (κ1) is 19.7. The molecule has 1 atom stereocenters. The highest BCUT2D eigenvalue weighted by atomic mass is 19.4. The van der Waals surface area contributed by atoms with Gasteiger partial charge >= 0.3 is 18.1 Å². The highest BCUT2D eigenvalue weighted by molar-refractivity contribution is 6.07. The lowest BCUT2D eigenvalue weighted by Gasteiger charge is -2.30. The van der Waals surface area contributed by atoms with Crippen molar-refractivity contribution in [3.05, 3.63) is 70.8 Å². The molecule has 1 aliphatic heterocycles. The van der Waals surface area contributed by atoms with Crippen molar-refractivity contribution in [3.63, 3.8) is 0 Å². The zero-order valence-corrected chi connectivity index (χ0v) is 15.2. The first-order chi connectivity index (χ1) is 13.2. The van der Waals surface area contributed by atoms with Crippen LogP contribution in [0.3, 0.4) is 0 Å². The van der Waals surface area contributed by atoms with Crippen LogP contribution in [0.25, 0.3) is 5.57 Å². The lowest BCUT2D eigenvalue weighted by Crippen LogP contribution is -2.42. The average Bonchev–Trinajstić information content (AvgIpc) is 2.66. The summed E-state index contributed by atoms with van der Waals surface area (Å²) in [5.74, 6) is -2.35. The number of aryl methyl sites for hydroxylation is 1. The molecule has 28 heavy (non-hydrogen) atoms. The van der Waals surface area contributed by atoms with E-state index in [4.69, 9.17) is 9.47 Å². The SMILES string of the molecule is CCC1=C(C(=O)OC(=O)c2ccc(C)cc2)C(C(F)(F)F)Oc2ccccc21. The van der Waals surface area contributed by atoms with Gasteiger partial charge in [-0.1, -0.05) is 42.8 Å². The topological polar surface area (TPSA) is 52.6 Å². The molecule has 0 amide bonds. The number of esters is 2. The normalized spacial score (nSPS) is 16.2. The molecule has 0 spiro atoms. The predicted molar refractivity (Wildman–Crippen MR) is 95.7 cm³/mol. The van der Waals surface area contributed by atoms with Crippen LogP contribution < -0.4 is 4.74 Å². The lowest BCUT2D eigenvalue weighted by molar-refractivity contribution is -0.187. The lowest BCUT2D eigenvalue weighted by atomic mass is 9.90. The number of benzene rings is 2. The van der Waals surface area contributed by atoms with Crippen molar-refractivity contribution in [1.29, 1.82) is 0 Å². The molecule has 3 rings (SSSR count). The summed E-state index contributed by atoms with van der Waals surface area (Å²) in [5, 5.41) is 0. The van der Waals surface area contributed by atoms with Gasteiger partial charge in [0.25, 0.3) is 0 Å². The van der Waals surface area contributed by atoms with Gasteiger partial charge in [0, 0.05) is 5.56 Å². The van der Waals surface area contributed by atoms with Crippen LogP contribution in [-0.2, 0) is 9.53 Å². The van der Waals surface area contributed by atoms with E-state index in [-0.39, 0.29) is 23.3 Å². The molecule has 0 aliphatic carbocycles. The Balaban J connectivity index is 2.01. The molecule has 1 unspecified atom stereocenters. The van der Waals surface area contributed by atoms with E-state index in [0.29, 0.717) is 5.56 Å². The molecule has 146 valence electrons. The summed E-state index contributed by atoms with van der Waals surface area (Å²) < 4.78 is 50.7. The van der Waals surface area contributed by atoms with E-state index in [9.17, 15) is 22.8 Å². The maximum atomic E-state index is 13.6. The molecule has 0 N–H and O–H groups in total. The Kier molecular flexibility index (Phi) is 5.27. The predicted octanol–water partition coefficient (Wildman–Crippen LogP) is 4.87. The Morgan fingerprint density at radius 2 is 1.68 bits per heavy atom. The van der Waals surface area contributed by atoms with Crippen molar-refractivity contribution >= 4 is 17.5 Å². The number of allylic oxidation sites excluding steroid dienone is 1. The quantitative estimate of drug-likeness (QED) is 0.555. The summed E-state index contributed by atoms with van der Waals surface area (Å²) >= 11 is 0. The third-order valence-corrected chi connectivity index (χ3v) is 4.39. The maximum absolute atomic E-state index is 13.6. The zero-order chi connectivity index (χ0) is 20.5. The zero-order valence-electron chi connectivity index (χ0n) is 15.2. The van der Waals surface area contributed by atoms with Gasteiger partial charge in [-0.15, -0.1) is 0 Å². The van der Waals surface area contributed by atoms with E-state index in [2.05, 4.69) is 0 Å². The Morgan fingerprint density at radius 1 is 1.04 bits per heavy atom. The van der Waals surface area contributed by atoms with Gasteiger partial charge < -0.3 is 9.47 Å². The van der Waals surface area contributed by atoms with E-state index in [0.717, 1.165) is 5.56 Å². The number of carbonyl (C=O) groups is 2. The van der Waals surface area contributed by atoms with Crippen LogP contribution in [0.15, 0.2) is 54.1 Å². The fourth-order valence-electron chi connectivity index (χ4n) is 3.04. The molecule has 0 fully saturated rings. The molecule has 1 heterocycles. The number of halogens is 3. The third-order valence-electron chi connectivity index (χ3n) is 4.39. The highest BCUT2D eigenvalue weighted by Gasteiger charge is 2.50. The molecular weight excluding hydrogens is 373 g/mol. The van der Waals surface area contributed by atoms with Crippen LogP contribution >= 0.6 is 0 Å². The number of rotatable bonds is 3. The highest BCUT2D eigenvalue weighted by Crippen LogP contribution is 2.42. The van der Waals surface area contributed by atoms with Crippen LogP contribution in [-0.4, -0.2) is 24.2 Å². The fourth-order valence-corrected chi connectivity index (χ4v) is 3.04. The summed E-state index contributed by atoms with van der Waals surface area (Å²) in [6.45, 7) is 3.43. The average molecular weight is 390 g/mol. The summed E-state index contributed by atoms with van der Waals surface area (Å²) in [7, 11) is 0. The van der Waals surface area contributed by atoms with Crippen LogP contribution in [0, 0.1) is 6.92 Å².